The first-order chi connectivity index (χ1) is 16.7. The summed E-state index contributed by atoms with van der Waals surface area (Å²) in [5, 5.41) is 19.1. The summed E-state index contributed by atoms with van der Waals surface area (Å²) in [6, 6.07) is 5.39. The summed E-state index contributed by atoms with van der Waals surface area (Å²) in [5.41, 5.74) is 1.19. The van der Waals surface area contributed by atoms with Gasteiger partial charge in [0, 0.05) is 43.1 Å². The third-order valence-electron chi connectivity index (χ3n) is 5.98. The van der Waals surface area contributed by atoms with Crippen LogP contribution < -0.4 is 10.9 Å². The van der Waals surface area contributed by atoms with Crippen LogP contribution in [-0.4, -0.2) is 50.9 Å². The maximum absolute atomic E-state index is 13.8. The molecule has 1 unspecified atom stereocenters. The Hall–Kier alpha value is -2.62. The Morgan fingerprint density at radius 1 is 1.34 bits per heavy atom. The topological polar surface area (TPSA) is 108 Å². The Morgan fingerprint density at radius 2 is 2.14 bits per heavy atom. The highest BCUT2D eigenvalue weighted by Gasteiger charge is 2.25. The number of hydrogen-bond acceptors (Lipinski definition) is 6. The smallest absolute Gasteiger partial charge is 0.407 e. The minimum Gasteiger partial charge on any atom is -0.444 e. The molecule has 1 saturated heterocycles. The predicted octanol–water partition coefficient (Wildman–Crippen LogP) is 4.15. The number of ether oxygens (including phenoxy) is 2. The summed E-state index contributed by atoms with van der Waals surface area (Å²) in [5.74, 6) is 0. The number of hydrogen-bond donors (Lipinski definition) is 2. The van der Waals surface area contributed by atoms with Crippen molar-refractivity contribution in [2.45, 2.75) is 71.2 Å². The first-order valence-electron chi connectivity index (χ1n) is 12.1. The lowest BCUT2D eigenvalue weighted by molar-refractivity contribution is -0.0408. The Morgan fingerprint density at radius 3 is 2.83 bits per heavy atom. The van der Waals surface area contributed by atoms with Crippen molar-refractivity contribution >= 4 is 39.5 Å². The van der Waals surface area contributed by atoms with Crippen LogP contribution in [0.2, 0.25) is 5.02 Å². The van der Waals surface area contributed by atoms with Gasteiger partial charge in [-0.2, -0.15) is 5.10 Å². The van der Waals surface area contributed by atoms with E-state index >= 15 is 0 Å². The number of aliphatic hydroxyl groups is 1. The van der Waals surface area contributed by atoms with Crippen molar-refractivity contribution in [3.05, 3.63) is 39.3 Å². The number of nitrogens with one attached hydrogen (secondary N) is 1. The zero-order valence-corrected chi connectivity index (χ0v) is 21.2. The number of halogens is 1. The maximum Gasteiger partial charge on any atom is 0.407 e. The van der Waals surface area contributed by atoms with Crippen molar-refractivity contribution in [2.75, 3.05) is 19.8 Å². The number of carbonyl (C=O) groups is 1. The average molecular weight is 505 g/mol. The van der Waals surface area contributed by atoms with Crippen LogP contribution in [0.5, 0.6) is 0 Å². The molecule has 3 aromatic rings. The molecule has 0 aliphatic carbocycles. The largest absolute Gasteiger partial charge is 0.444 e. The summed E-state index contributed by atoms with van der Waals surface area (Å²) >= 11 is 6.33. The lowest BCUT2D eigenvalue weighted by Gasteiger charge is -2.24. The van der Waals surface area contributed by atoms with Crippen LogP contribution in [0, 0.1) is 0 Å². The molecule has 2 N–H and O–H groups in total. The number of aryl methyl sites for hydroxylation is 1. The van der Waals surface area contributed by atoms with Crippen LogP contribution in [-0.2, 0) is 22.4 Å². The normalized spacial score (nSPS) is 16.7. The monoisotopic (exact) mass is 504 g/mol. The van der Waals surface area contributed by atoms with Crippen LogP contribution in [0.1, 0.15) is 58.4 Å². The second-order valence-corrected chi connectivity index (χ2v) is 10.2. The molecular formula is C25H33ClN4O5. The summed E-state index contributed by atoms with van der Waals surface area (Å²) in [6.45, 7) is 6.68. The lowest BCUT2D eigenvalue weighted by atomic mass is 10.1. The van der Waals surface area contributed by atoms with Gasteiger partial charge in [-0.3, -0.25) is 4.79 Å². The minimum absolute atomic E-state index is 0.111. The SMILES string of the molecule is CC(C)(C)OC(=O)NCCCn1c(=O)c2c(CCO)n(C3CCCCO3)nc2c2cc(Cl)ccc21. The molecule has 9 nitrogen and oxygen atoms in total. The van der Waals surface area contributed by atoms with Crippen LogP contribution >= 0.6 is 11.6 Å². The van der Waals surface area contributed by atoms with E-state index in [1.54, 1.807) is 36.1 Å². The first kappa shape index (κ1) is 25.5. The second kappa shape index (κ2) is 10.6. The molecule has 190 valence electrons. The van der Waals surface area contributed by atoms with Crippen LogP contribution in [0.15, 0.2) is 23.0 Å². The molecule has 4 rings (SSSR count). The number of benzene rings is 1. The van der Waals surface area contributed by atoms with Crippen molar-refractivity contribution < 1.29 is 19.4 Å². The molecule has 1 atom stereocenters. The maximum atomic E-state index is 13.8. The standard InChI is InChI=1S/C25H33ClN4O5/c1-25(2,3)35-24(33)27-11-6-12-29-18-9-8-16(26)15-17(18)22-21(23(29)32)19(10-13-31)30(28-22)20-7-4-5-14-34-20/h8-9,15,20,31H,4-7,10-14H2,1-3H3,(H,27,33). The first-order valence-corrected chi connectivity index (χ1v) is 12.5. The van der Waals surface area contributed by atoms with Gasteiger partial charge in [0.15, 0.2) is 6.23 Å². The van der Waals surface area contributed by atoms with E-state index in [0.29, 0.717) is 53.3 Å². The number of pyridine rings is 1. The van der Waals surface area contributed by atoms with Crippen molar-refractivity contribution in [1.29, 1.82) is 0 Å². The Labute approximate surface area is 208 Å². The number of carbonyl (C=O) groups excluding carboxylic acids is 1. The highest BCUT2D eigenvalue weighted by Crippen LogP contribution is 2.31. The van der Waals surface area contributed by atoms with Crippen LogP contribution in [0.25, 0.3) is 21.8 Å². The van der Waals surface area contributed by atoms with Crippen LogP contribution in [0.3, 0.4) is 0 Å². The number of alkyl carbamates (subject to hydrolysis) is 1. The molecule has 0 spiro atoms. The third-order valence-corrected chi connectivity index (χ3v) is 6.21. The molecule has 3 heterocycles. The van der Waals surface area contributed by atoms with E-state index in [0.717, 1.165) is 24.6 Å². The molecule has 1 aliphatic rings. The van der Waals surface area contributed by atoms with E-state index in [4.69, 9.17) is 26.2 Å². The highest BCUT2D eigenvalue weighted by atomic mass is 35.5. The van der Waals surface area contributed by atoms with Gasteiger partial charge in [0.2, 0.25) is 0 Å². The summed E-state index contributed by atoms with van der Waals surface area (Å²) in [4.78, 5) is 25.7. The zero-order chi connectivity index (χ0) is 25.2. The Balaban J connectivity index is 1.73. The quantitative estimate of drug-likeness (QED) is 0.468. The van der Waals surface area contributed by atoms with Gasteiger partial charge >= 0.3 is 6.09 Å². The predicted molar refractivity (Wildman–Crippen MR) is 135 cm³/mol. The summed E-state index contributed by atoms with van der Waals surface area (Å²) in [7, 11) is 0. The second-order valence-electron chi connectivity index (χ2n) is 9.81. The number of rotatable bonds is 7. The molecule has 0 saturated carbocycles. The van der Waals surface area contributed by atoms with E-state index in [1.807, 2.05) is 12.1 Å². The zero-order valence-electron chi connectivity index (χ0n) is 20.5. The molecule has 35 heavy (non-hydrogen) atoms. The van der Waals surface area contributed by atoms with Crippen molar-refractivity contribution in [1.82, 2.24) is 19.7 Å². The summed E-state index contributed by atoms with van der Waals surface area (Å²) < 4.78 is 14.7. The summed E-state index contributed by atoms with van der Waals surface area (Å²) in [6.07, 6.45) is 2.87. The fourth-order valence-electron chi connectivity index (χ4n) is 4.52. The average Bonchev–Trinajstić information content (AvgIpc) is 3.18. The molecule has 0 bridgehead atoms. The van der Waals surface area contributed by atoms with Gasteiger partial charge in [-0.25, -0.2) is 9.48 Å². The van der Waals surface area contributed by atoms with E-state index in [1.165, 1.54) is 0 Å². The number of nitrogens with zero attached hydrogens (tertiary/aromatic N) is 3. The van der Waals surface area contributed by atoms with Gasteiger partial charge in [0.05, 0.1) is 16.6 Å². The molecule has 1 aromatic carbocycles. The molecule has 0 radical (unpaired) electrons. The molecule has 1 amide bonds. The lowest BCUT2D eigenvalue weighted by Crippen LogP contribution is -2.33. The van der Waals surface area contributed by atoms with Gasteiger partial charge in [-0.15, -0.1) is 0 Å². The van der Waals surface area contributed by atoms with E-state index in [9.17, 15) is 14.7 Å². The Bertz CT molecular complexity index is 1270. The van der Waals surface area contributed by atoms with Gasteiger partial charge in [0.1, 0.15) is 11.1 Å². The fraction of sp³-hybridized carbons (Fsp3) is 0.560. The number of aromatic nitrogens is 3. The molecule has 1 fully saturated rings. The van der Waals surface area contributed by atoms with E-state index < -0.39 is 11.7 Å². The highest BCUT2D eigenvalue weighted by molar-refractivity contribution is 6.31. The number of aliphatic hydroxyl groups excluding tert-OH is 1. The van der Waals surface area contributed by atoms with Gasteiger partial charge < -0.3 is 24.5 Å². The minimum atomic E-state index is -0.577. The molecule has 1 aliphatic heterocycles. The molecule has 10 heteroatoms. The van der Waals surface area contributed by atoms with Gasteiger partial charge in [0.25, 0.3) is 5.56 Å². The van der Waals surface area contributed by atoms with Gasteiger partial charge in [-0.1, -0.05) is 11.6 Å². The Kier molecular flexibility index (Phi) is 7.68. The van der Waals surface area contributed by atoms with Crippen molar-refractivity contribution in [3.63, 3.8) is 0 Å². The number of fused-ring (bicyclic) bond motifs is 3. The third kappa shape index (κ3) is 5.63. The van der Waals surface area contributed by atoms with Crippen molar-refractivity contribution in [3.8, 4) is 0 Å². The van der Waals surface area contributed by atoms with E-state index in [2.05, 4.69) is 5.32 Å². The van der Waals surface area contributed by atoms with E-state index in [-0.39, 0.29) is 24.8 Å². The molecular weight excluding hydrogens is 472 g/mol. The molecule has 2 aromatic heterocycles. The fourth-order valence-corrected chi connectivity index (χ4v) is 4.70. The van der Waals surface area contributed by atoms with Crippen LogP contribution in [0.4, 0.5) is 4.79 Å². The van der Waals surface area contributed by atoms with Gasteiger partial charge in [-0.05, 0) is 64.7 Å². The van der Waals surface area contributed by atoms with Crippen molar-refractivity contribution in [2.24, 2.45) is 0 Å². The number of amides is 1.